The predicted molar refractivity (Wildman–Crippen MR) is 89.9 cm³/mol. The maximum absolute atomic E-state index is 13.2. The molecule has 0 radical (unpaired) electrons. The van der Waals surface area contributed by atoms with Gasteiger partial charge in [0.25, 0.3) is 0 Å². The minimum atomic E-state index is -3.24. The van der Waals surface area contributed by atoms with Gasteiger partial charge in [0.1, 0.15) is 0 Å². The Hall–Kier alpha value is -0.873. The van der Waals surface area contributed by atoms with Crippen LogP contribution in [0.2, 0.25) is 25.2 Å². The normalized spacial score (nSPS) is 32.3. The van der Waals surface area contributed by atoms with Crippen molar-refractivity contribution in [3.8, 4) is 0 Å². The zero-order valence-electron chi connectivity index (χ0n) is 13.0. The van der Waals surface area contributed by atoms with E-state index >= 15 is 0 Å². The number of sulfone groups is 1. The SMILES string of the molecule is C[Si](C)(C)C1C2C=CC(CC2)C1S(=O)(=O)c1ccccc1. The molecule has 114 valence electrons. The van der Waals surface area contributed by atoms with E-state index in [1.54, 1.807) is 12.1 Å². The summed E-state index contributed by atoms with van der Waals surface area (Å²) in [7, 11) is -4.79. The first-order valence-corrected chi connectivity index (χ1v) is 12.9. The van der Waals surface area contributed by atoms with E-state index in [9.17, 15) is 8.42 Å². The molecule has 4 unspecified atom stereocenters. The largest absolute Gasteiger partial charge is 0.223 e. The van der Waals surface area contributed by atoms with Crippen LogP contribution in [-0.2, 0) is 9.84 Å². The number of allylic oxidation sites excluding steroid dienone is 2. The van der Waals surface area contributed by atoms with Crippen molar-refractivity contribution in [2.45, 2.75) is 48.2 Å². The molecule has 0 aromatic heterocycles. The fraction of sp³-hybridized carbons (Fsp3) is 0.529. The molecule has 0 heterocycles. The predicted octanol–water partition coefficient (Wildman–Crippen LogP) is 4.13. The van der Waals surface area contributed by atoms with Gasteiger partial charge in [-0.3, -0.25) is 0 Å². The van der Waals surface area contributed by atoms with E-state index in [1.165, 1.54) is 0 Å². The van der Waals surface area contributed by atoms with Crippen LogP contribution in [0.3, 0.4) is 0 Å². The average molecular weight is 321 g/mol. The molecule has 3 aliphatic rings. The van der Waals surface area contributed by atoms with Gasteiger partial charge < -0.3 is 0 Å². The average Bonchev–Trinajstić information content (AvgIpc) is 2.47. The first-order chi connectivity index (χ1) is 9.82. The van der Waals surface area contributed by atoms with Crippen LogP contribution in [0.1, 0.15) is 12.8 Å². The minimum absolute atomic E-state index is 0.205. The van der Waals surface area contributed by atoms with Crippen LogP contribution in [-0.4, -0.2) is 21.7 Å². The third kappa shape index (κ3) is 2.53. The van der Waals surface area contributed by atoms with Crippen molar-refractivity contribution in [3.63, 3.8) is 0 Å². The third-order valence-corrected chi connectivity index (χ3v) is 10.4. The van der Waals surface area contributed by atoms with Crippen molar-refractivity contribution in [2.24, 2.45) is 11.8 Å². The summed E-state index contributed by atoms with van der Waals surface area (Å²) in [4.78, 5) is 0.499. The van der Waals surface area contributed by atoms with Crippen molar-refractivity contribution >= 4 is 17.9 Å². The highest BCUT2D eigenvalue weighted by Crippen LogP contribution is 2.52. The lowest BCUT2D eigenvalue weighted by Gasteiger charge is -2.49. The number of fused-ring (bicyclic) bond motifs is 2. The second-order valence-corrected chi connectivity index (χ2v) is 15.0. The molecule has 2 bridgehead atoms. The van der Waals surface area contributed by atoms with Crippen molar-refractivity contribution in [1.29, 1.82) is 0 Å². The van der Waals surface area contributed by atoms with Gasteiger partial charge in [0, 0.05) is 8.07 Å². The Labute approximate surface area is 129 Å². The lowest BCUT2D eigenvalue weighted by molar-refractivity contribution is 0.322. The van der Waals surface area contributed by atoms with E-state index in [-0.39, 0.29) is 11.2 Å². The second-order valence-electron chi connectivity index (χ2n) is 7.50. The van der Waals surface area contributed by atoms with Crippen LogP contribution >= 0.6 is 0 Å². The second kappa shape index (κ2) is 5.09. The summed E-state index contributed by atoms with van der Waals surface area (Å²) in [5.74, 6) is 0.669. The number of rotatable bonds is 3. The topological polar surface area (TPSA) is 34.1 Å². The minimum Gasteiger partial charge on any atom is -0.223 e. The van der Waals surface area contributed by atoms with Crippen molar-refractivity contribution in [3.05, 3.63) is 42.5 Å². The van der Waals surface area contributed by atoms with Crippen LogP contribution in [0.4, 0.5) is 0 Å². The summed E-state index contributed by atoms with van der Waals surface area (Å²) in [6, 6.07) is 9.04. The zero-order chi connectivity index (χ0) is 15.3. The van der Waals surface area contributed by atoms with Gasteiger partial charge in [-0.15, -0.1) is 0 Å². The summed E-state index contributed by atoms with van der Waals surface area (Å²) in [5.41, 5.74) is 0.339. The van der Waals surface area contributed by atoms with E-state index in [2.05, 4.69) is 31.8 Å². The van der Waals surface area contributed by atoms with Crippen LogP contribution in [0.25, 0.3) is 0 Å². The number of hydrogen-bond donors (Lipinski definition) is 0. The summed E-state index contributed by atoms with van der Waals surface area (Å²) in [6.07, 6.45) is 6.67. The van der Waals surface area contributed by atoms with Gasteiger partial charge in [0.2, 0.25) is 0 Å². The lowest BCUT2D eigenvalue weighted by Crippen LogP contribution is -2.51. The summed E-state index contributed by atoms with van der Waals surface area (Å²) in [5, 5.41) is -0.213. The molecule has 1 aromatic carbocycles. The van der Waals surface area contributed by atoms with Crippen molar-refractivity contribution < 1.29 is 8.42 Å². The van der Waals surface area contributed by atoms with E-state index in [1.807, 2.05) is 18.2 Å². The van der Waals surface area contributed by atoms with E-state index in [0.29, 0.717) is 16.4 Å². The Kier molecular flexibility index (Phi) is 3.65. The molecule has 4 atom stereocenters. The maximum Gasteiger partial charge on any atom is 0.181 e. The van der Waals surface area contributed by atoms with Crippen LogP contribution in [0, 0.1) is 11.8 Å². The Balaban J connectivity index is 2.09. The van der Waals surface area contributed by atoms with Gasteiger partial charge in [-0.1, -0.05) is 50.0 Å². The van der Waals surface area contributed by atoms with E-state index < -0.39 is 17.9 Å². The van der Waals surface area contributed by atoms with E-state index in [0.717, 1.165) is 12.8 Å². The molecular weight excluding hydrogens is 296 g/mol. The summed E-state index contributed by atoms with van der Waals surface area (Å²) in [6.45, 7) is 6.96. The van der Waals surface area contributed by atoms with Crippen LogP contribution in [0.15, 0.2) is 47.4 Å². The summed E-state index contributed by atoms with van der Waals surface area (Å²) >= 11 is 0. The molecule has 3 aliphatic carbocycles. The van der Waals surface area contributed by atoms with Gasteiger partial charge in [-0.2, -0.15) is 0 Å². The molecule has 0 aliphatic heterocycles. The zero-order valence-corrected chi connectivity index (χ0v) is 14.8. The quantitative estimate of drug-likeness (QED) is 0.620. The van der Waals surface area contributed by atoms with Gasteiger partial charge in [0.15, 0.2) is 9.84 Å². The fourth-order valence-corrected chi connectivity index (χ4v) is 11.0. The number of benzene rings is 1. The summed E-state index contributed by atoms with van der Waals surface area (Å²) < 4.78 is 26.4. The highest BCUT2D eigenvalue weighted by atomic mass is 32.2. The Morgan fingerprint density at radius 1 is 0.952 bits per heavy atom. The lowest BCUT2D eigenvalue weighted by atomic mass is 9.75. The van der Waals surface area contributed by atoms with Gasteiger partial charge in [0.05, 0.1) is 10.1 Å². The molecule has 0 spiro atoms. The molecule has 21 heavy (non-hydrogen) atoms. The van der Waals surface area contributed by atoms with Gasteiger partial charge in [-0.05, 0) is 42.4 Å². The Bertz CT molecular complexity index is 643. The molecule has 4 rings (SSSR count). The van der Waals surface area contributed by atoms with Gasteiger partial charge in [-0.25, -0.2) is 8.42 Å². The van der Waals surface area contributed by atoms with Gasteiger partial charge >= 0.3 is 0 Å². The Morgan fingerprint density at radius 3 is 2.05 bits per heavy atom. The molecule has 0 amide bonds. The first-order valence-electron chi connectivity index (χ1n) is 7.79. The monoisotopic (exact) mass is 320 g/mol. The highest BCUT2D eigenvalue weighted by molar-refractivity contribution is 7.92. The van der Waals surface area contributed by atoms with Crippen molar-refractivity contribution in [1.82, 2.24) is 0 Å². The molecule has 4 heteroatoms. The van der Waals surface area contributed by atoms with Crippen molar-refractivity contribution in [2.75, 3.05) is 0 Å². The molecule has 1 saturated carbocycles. The van der Waals surface area contributed by atoms with Crippen LogP contribution < -0.4 is 0 Å². The number of hydrogen-bond acceptors (Lipinski definition) is 2. The van der Waals surface area contributed by atoms with Crippen LogP contribution in [0.5, 0.6) is 0 Å². The van der Waals surface area contributed by atoms with E-state index in [4.69, 9.17) is 0 Å². The maximum atomic E-state index is 13.2. The molecule has 1 fully saturated rings. The Morgan fingerprint density at radius 2 is 1.52 bits per heavy atom. The molecule has 0 N–H and O–H groups in total. The molecule has 0 saturated heterocycles. The molecule has 2 nitrogen and oxygen atoms in total. The molecular formula is C17H24O2SSi. The highest BCUT2D eigenvalue weighted by Gasteiger charge is 2.52. The third-order valence-electron chi connectivity index (χ3n) is 5.11. The molecule has 1 aromatic rings. The standard InChI is InChI=1S/C17H24O2SSi/c1-21(2,3)17-14-11-9-13(10-12-14)16(17)20(18,19)15-7-5-4-6-8-15/h4-9,11,13-14,16-17H,10,12H2,1-3H3. The fourth-order valence-electron chi connectivity index (χ4n) is 4.27. The first kappa shape index (κ1) is 15.0. The smallest absolute Gasteiger partial charge is 0.181 e.